The van der Waals surface area contributed by atoms with Crippen molar-refractivity contribution in [3.63, 3.8) is 0 Å². The first-order valence-electron chi connectivity index (χ1n) is 16.1. The molecule has 10 heteroatoms. The smallest absolute Gasteiger partial charge is 0.330 e. The summed E-state index contributed by atoms with van der Waals surface area (Å²) in [5, 5.41) is -0.117. The molecule has 3 aromatic rings. The van der Waals surface area contributed by atoms with Crippen molar-refractivity contribution in [1.29, 1.82) is 0 Å². The SMILES string of the molecule is C=CC(=O)OCCCCCOc1ccc(/C=C/C(=O)Sc2ccc(/N=C/c3ccc(OCCCCCOC(=O)C=C)cc3)c(OC)c2)cc1. The summed E-state index contributed by atoms with van der Waals surface area (Å²) in [5.74, 6) is 1.28. The zero-order valence-corrected chi connectivity index (χ0v) is 28.7. The van der Waals surface area contributed by atoms with Crippen molar-refractivity contribution in [1.82, 2.24) is 0 Å². The fraction of sp³-hybridized carbons (Fsp3) is 0.282. The zero-order chi connectivity index (χ0) is 35.1. The molecule has 9 nitrogen and oxygen atoms in total. The van der Waals surface area contributed by atoms with Gasteiger partial charge in [-0.2, -0.15) is 0 Å². The molecule has 0 saturated carbocycles. The number of methoxy groups -OCH3 is 1. The van der Waals surface area contributed by atoms with Crippen molar-refractivity contribution in [3.8, 4) is 17.2 Å². The molecular formula is C39H43NO8S. The third kappa shape index (κ3) is 15.6. The van der Waals surface area contributed by atoms with Crippen LogP contribution in [0.1, 0.15) is 49.7 Å². The van der Waals surface area contributed by atoms with Gasteiger partial charge in [-0.15, -0.1) is 0 Å². The molecule has 0 N–H and O–H groups in total. The number of hydrogen-bond donors (Lipinski definition) is 0. The summed E-state index contributed by atoms with van der Waals surface area (Å²) in [4.78, 5) is 40.0. The van der Waals surface area contributed by atoms with Crippen LogP contribution in [0.5, 0.6) is 17.2 Å². The first-order valence-corrected chi connectivity index (χ1v) is 16.9. The second kappa shape index (κ2) is 22.5. The molecule has 0 aromatic heterocycles. The summed E-state index contributed by atoms with van der Waals surface area (Å²) in [7, 11) is 1.57. The average molecular weight is 686 g/mol. The second-order valence-corrected chi connectivity index (χ2v) is 11.6. The lowest BCUT2D eigenvalue weighted by Crippen LogP contribution is -2.03. The summed E-state index contributed by atoms with van der Waals surface area (Å²) in [5.41, 5.74) is 2.43. The Kier molecular flexibility index (Phi) is 17.6. The minimum absolute atomic E-state index is 0.117. The van der Waals surface area contributed by atoms with E-state index < -0.39 is 11.9 Å². The van der Waals surface area contributed by atoms with E-state index in [1.54, 1.807) is 25.5 Å². The number of aliphatic imine (C=N–C) groups is 1. The van der Waals surface area contributed by atoms with Gasteiger partial charge in [0.25, 0.3) is 0 Å². The predicted octanol–water partition coefficient (Wildman–Crippen LogP) is 8.33. The molecule has 0 saturated heterocycles. The van der Waals surface area contributed by atoms with Crippen LogP contribution in [-0.2, 0) is 23.9 Å². The molecule has 0 bridgehead atoms. The van der Waals surface area contributed by atoms with Crippen LogP contribution in [0.25, 0.3) is 6.08 Å². The summed E-state index contributed by atoms with van der Waals surface area (Å²) in [6.07, 6.45) is 12.4. The van der Waals surface area contributed by atoms with Gasteiger partial charge < -0.3 is 23.7 Å². The number of nitrogens with zero attached hydrogens (tertiary/aromatic N) is 1. The molecule has 0 aliphatic heterocycles. The molecule has 3 aromatic carbocycles. The normalized spacial score (nSPS) is 10.9. The van der Waals surface area contributed by atoms with E-state index >= 15 is 0 Å². The lowest BCUT2D eigenvalue weighted by molar-refractivity contribution is -0.138. The molecular weight excluding hydrogens is 642 g/mol. The molecule has 258 valence electrons. The van der Waals surface area contributed by atoms with Crippen LogP contribution in [0.4, 0.5) is 5.69 Å². The molecule has 0 atom stereocenters. The van der Waals surface area contributed by atoms with Gasteiger partial charge >= 0.3 is 11.9 Å². The van der Waals surface area contributed by atoms with Crippen LogP contribution in [-0.4, -0.2) is 56.8 Å². The van der Waals surface area contributed by atoms with Crippen LogP contribution in [0.15, 0.2) is 108 Å². The summed E-state index contributed by atoms with van der Waals surface area (Å²) < 4.78 is 27.0. The number of carbonyl (C=O) groups is 3. The highest BCUT2D eigenvalue weighted by Crippen LogP contribution is 2.33. The van der Waals surface area contributed by atoms with Crippen LogP contribution in [0.3, 0.4) is 0 Å². The van der Waals surface area contributed by atoms with Gasteiger partial charge in [-0.25, -0.2) is 9.59 Å². The van der Waals surface area contributed by atoms with Gasteiger partial charge in [0.1, 0.15) is 22.9 Å². The molecule has 0 amide bonds. The number of carbonyl (C=O) groups excluding carboxylic acids is 3. The fourth-order valence-electron chi connectivity index (χ4n) is 4.22. The molecule has 0 heterocycles. The van der Waals surface area contributed by atoms with Gasteiger partial charge in [0, 0.05) is 23.3 Å². The molecule has 0 radical (unpaired) electrons. The quantitative estimate of drug-likeness (QED) is 0.0339. The summed E-state index contributed by atoms with van der Waals surface area (Å²) >= 11 is 1.10. The zero-order valence-electron chi connectivity index (χ0n) is 27.8. The summed E-state index contributed by atoms with van der Waals surface area (Å²) in [6.45, 7) is 8.65. The van der Waals surface area contributed by atoms with Gasteiger partial charge in [-0.05, 0) is 122 Å². The lowest BCUT2D eigenvalue weighted by atomic mass is 10.2. The van der Waals surface area contributed by atoms with Crippen molar-refractivity contribution in [2.24, 2.45) is 4.99 Å². The van der Waals surface area contributed by atoms with E-state index in [1.807, 2.05) is 60.7 Å². The Morgan fingerprint density at radius 1 is 0.694 bits per heavy atom. The van der Waals surface area contributed by atoms with Crippen LogP contribution in [0.2, 0.25) is 0 Å². The van der Waals surface area contributed by atoms with Crippen LogP contribution >= 0.6 is 11.8 Å². The van der Waals surface area contributed by atoms with Gasteiger partial charge in [0.05, 0.1) is 33.5 Å². The van der Waals surface area contributed by atoms with E-state index in [9.17, 15) is 14.4 Å². The topological polar surface area (TPSA) is 110 Å². The molecule has 0 aliphatic carbocycles. The molecule has 0 spiro atoms. The van der Waals surface area contributed by atoms with Crippen LogP contribution < -0.4 is 14.2 Å². The van der Waals surface area contributed by atoms with E-state index in [0.29, 0.717) is 37.9 Å². The van der Waals surface area contributed by atoms with Gasteiger partial charge in [0.15, 0.2) is 0 Å². The van der Waals surface area contributed by atoms with Crippen molar-refractivity contribution >= 4 is 46.8 Å². The average Bonchev–Trinajstić information content (AvgIpc) is 3.13. The van der Waals surface area contributed by atoms with Gasteiger partial charge in [-0.1, -0.05) is 31.4 Å². The van der Waals surface area contributed by atoms with Gasteiger partial charge in [-0.3, -0.25) is 9.79 Å². The predicted molar refractivity (Wildman–Crippen MR) is 194 cm³/mol. The number of hydrogen-bond acceptors (Lipinski definition) is 10. The number of ether oxygens (including phenoxy) is 5. The van der Waals surface area contributed by atoms with E-state index in [-0.39, 0.29) is 5.12 Å². The minimum Gasteiger partial charge on any atom is -0.494 e. The van der Waals surface area contributed by atoms with E-state index in [2.05, 4.69) is 18.2 Å². The Balaban J connectivity index is 1.39. The lowest BCUT2D eigenvalue weighted by Gasteiger charge is -2.07. The largest absolute Gasteiger partial charge is 0.494 e. The van der Waals surface area contributed by atoms with Crippen molar-refractivity contribution in [3.05, 3.63) is 109 Å². The minimum atomic E-state index is -0.402. The standard InChI is InChI=1S/C39H43NO8S/c1-4-37(41)47-26-10-6-8-24-45-32-17-12-30(13-18-32)16-23-39(43)49-34-21-22-35(36(28-34)44-3)40-29-31-14-19-33(20-15-31)46-25-9-7-11-27-48-38(42)5-2/h4-5,12-23,28-29H,1-2,6-11,24-27H2,3H3/b23-16+,40-29+. The van der Waals surface area contributed by atoms with Crippen molar-refractivity contribution in [2.75, 3.05) is 33.5 Å². The maximum absolute atomic E-state index is 12.7. The molecule has 0 fully saturated rings. The highest BCUT2D eigenvalue weighted by Gasteiger charge is 2.07. The third-order valence-corrected chi connectivity index (χ3v) is 7.66. The second-order valence-electron chi connectivity index (χ2n) is 10.5. The number of unbranched alkanes of at least 4 members (excludes halogenated alkanes) is 4. The van der Waals surface area contributed by atoms with Crippen LogP contribution in [0, 0.1) is 0 Å². The Labute approximate surface area is 292 Å². The third-order valence-electron chi connectivity index (χ3n) is 6.83. The van der Waals surface area contributed by atoms with Crippen molar-refractivity contribution in [2.45, 2.75) is 43.4 Å². The molecule has 3 rings (SSSR count). The molecule has 0 unspecified atom stereocenters. The van der Waals surface area contributed by atoms with Gasteiger partial charge in [0.2, 0.25) is 5.12 Å². The first kappa shape index (κ1) is 38.4. The van der Waals surface area contributed by atoms with E-state index in [4.69, 9.17) is 23.7 Å². The highest BCUT2D eigenvalue weighted by atomic mass is 32.2. The maximum Gasteiger partial charge on any atom is 0.330 e. The van der Waals surface area contributed by atoms with E-state index in [1.165, 1.54) is 6.08 Å². The maximum atomic E-state index is 12.7. The monoisotopic (exact) mass is 685 g/mol. The first-order chi connectivity index (χ1) is 23.9. The summed E-state index contributed by atoms with van der Waals surface area (Å²) in [6, 6.07) is 20.6. The number of rotatable bonds is 22. The number of benzene rings is 3. The van der Waals surface area contributed by atoms with Crippen molar-refractivity contribution < 1.29 is 38.1 Å². The Bertz CT molecular complexity index is 1560. The Morgan fingerprint density at radius 3 is 1.76 bits per heavy atom. The number of thioether (sulfide) groups is 1. The Morgan fingerprint density at radius 2 is 1.22 bits per heavy atom. The van der Waals surface area contributed by atoms with E-state index in [0.717, 1.165) is 90.0 Å². The molecule has 49 heavy (non-hydrogen) atoms. The fourth-order valence-corrected chi connectivity index (χ4v) is 4.89. The molecule has 0 aliphatic rings. The number of esters is 2. The Hall–Kier alpha value is -5.09. The highest BCUT2D eigenvalue weighted by molar-refractivity contribution is 8.14.